The number of carbonyl (C=O) groups is 1. The van der Waals surface area contributed by atoms with E-state index in [2.05, 4.69) is 48.2 Å². The maximum atomic E-state index is 12.7. The van der Waals surface area contributed by atoms with Crippen LogP contribution in [0.4, 0.5) is 10.7 Å². The largest absolute Gasteiger partial charge is 0.338 e. The fourth-order valence-electron chi connectivity index (χ4n) is 3.38. The molecule has 1 aromatic rings. The molecule has 1 N–H and O–H groups in total. The molecule has 1 aromatic heterocycles. The number of amides is 2. The fraction of sp³-hybridized carbons (Fsp3) is 0.765. The second-order valence-corrected chi connectivity index (χ2v) is 7.93. The van der Waals surface area contributed by atoms with Crippen LogP contribution < -0.4 is 5.32 Å². The van der Waals surface area contributed by atoms with E-state index in [0.29, 0.717) is 11.9 Å². The van der Waals surface area contributed by atoms with Gasteiger partial charge in [0.05, 0.1) is 5.69 Å². The minimum absolute atomic E-state index is 0.0969. The number of nitrogens with zero attached hydrogens (tertiary/aromatic N) is 4. The number of likely N-dealkylation sites (tertiary alicyclic amines) is 1. The molecule has 0 aliphatic carbocycles. The quantitative estimate of drug-likeness (QED) is 0.900. The number of piperidine rings is 1. The third-order valence-corrected chi connectivity index (χ3v) is 4.92. The van der Waals surface area contributed by atoms with E-state index in [1.54, 1.807) is 0 Å². The molecule has 0 unspecified atom stereocenters. The van der Waals surface area contributed by atoms with Crippen molar-refractivity contribution in [2.75, 3.05) is 38.5 Å². The number of hydrogen-bond donors (Lipinski definition) is 1. The van der Waals surface area contributed by atoms with E-state index >= 15 is 0 Å². The number of nitrogens with one attached hydrogen (secondary N) is 1. The Kier molecular flexibility index (Phi) is 4.83. The van der Waals surface area contributed by atoms with E-state index in [0.717, 1.165) is 51.1 Å². The molecular formula is C17H29N5O2. The number of anilines is 1. The van der Waals surface area contributed by atoms with Gasteiger partial charge in [-0.15, -0.1) is 0 Å². The molecule has 2 fully saturated rings. The molecule has 3 heterocycles. The van der Waals surface area contributed by atoms with Crippen molar-refractivity contribution >= 4 is 11.9 Å². The van der Waals surface area contributed by atoms with Crippen molar-refractivity contribution in [3.8, 4) is 0 Å². The lowest BCUT2D eigenvalue weighted by atomic mass is 9.92. The first-order valence-electron chi connectivity index (χ1n) is 8.85. The van der Waals surface area contributed by atoms with Gasteiger partial charge in [-0.3, -0.25) is 10.3 Å². The van der Waals surface area contributed by atoms with E-state index in [1.165, 1.54) is 0 Å². The Morgan fingerprint density at radius 1 is 1.25 bits per heavy atom. The number of urea groups is 1. The molecule has 2 aliphatic heterocycles. The van der Waals surface area contributed by atoms with Gasteiger partial charge in [-0.25, -0.2) is 9.80 Å². The Balaban J connectivity index is 1.62. The average molecular weight is 335 g/mol. The Hall–Kier alpha value is -1.60. The van der Waals surface area contributed by atoms with Crippen LogP contribution in [0.2, 0.25) is 0 Å². The van der Waals surface area contributed by atoms with Crippen LogP contribution in [0.1, 0.15) is 45.7 Å². The first kappa shape index (κ1) is 17.2. The van der Waals surface area contributed by atoms with Gasteiger partial charge in [0.2, 0.25) is 5.88 Å². The molecular weight excluding hydrogens is 306 g/mol. The second kappa shape index (κ2) is 6.72. The Labute approximate surface area is 143 Å². The predicted molar refractivity (Wildman–Crippen MR) is 92.8 cm³/mol. The van der Waals surface area contributed by atoms with E-state index in [4.69, 9.17) is 4.52 Å². The highest BCUT2D eigenvalue weighted by Gasteiger charge is 2.34. The van der Waals surface area contributed by atoms with Crippen molar-refractivity contribution < 1.29 is 9.32 Å². The van der Waals surface area contributed by atoms with Gasteiger partial charge in [0.1, 0.15) is 0 Å². The van der Waals surface area contributed by atoms with Crippen molar-refractivity contribution in [1.29, 1.82) is 0 Å². The summed E-state index contributed by atoms with van der Waals surface area (Å²) in [7, 11) is 2.15. The molecule has 0 atom stereocenters. The minimum Gasteiger partial charge on any atom is -0.338 e. The molecule has 0 radical (unpaired) electrons. The minimum atomic E-state index is -0.122. The molecule has 3 rings (SSSR count). The number of aromatic nitrogens is 1. The Bertz CT molecular complexity index is 572. The zero-order valence-electron chi connectivity index (χ0n) is 15.2. The molecule has 134 valence electrons. The fourth-order valence-corrected chi connectivity index (χ4v) is 3.38. The average Bonchev–Trinajstić information content (AvgIpc) is 3.16. The number of carbonyl (C=O) groups excluding carboxylic acids is 1. The van der Waals surface area contributed by atoms with Gasteiger partial charge in [-0.2, -0.15) is 0 Å². The third-order valence-electron chi connectivity index (χ3n) is 4.92. The molecule has 0 aromatic carbocycles. The van der Waals surface area contributed by atoms with Crippen LogP contribution in [0, 0.1) is 0 Å². The lowest BCUT2D eigenvalue weighted by Gasteiger charge is -2.39. The highest BCUT2D eigenvalue weighted by Crippen LogP contribution is 2.25. The summed E-state index contributed by atoms with van der Waals surface area (Å²) in [6.45, 7) is 10.1. The van der Waals surface area contributed by atoms with Crippen LogP contribution in [-0.2, 0) is 5.41 Å². The molecule has 2 saturated heterocycles. The Morgan fingerprint density at radius 3 is 2.58 bits per heavy atom. The number of hydrazine groups is 1. The standard InChI is InChI=1S/C17H29N5O2/c1-17(2,3)14-12-15(24-19-14)18-16(23)22-9-5-8-21(22)13-6-10-20(4)11-7-13/h12-13H,5-11H2,1-4H3,(H,18,23). The molecule has 7 heteroatoms. The predicted octanol–water partition coefficient (Wildman–Crippen LogP) is 2.52. The first-order chi connectivity index (χ1) is 11.3. The lowest BCUT2D eigenvalue weighted by molar-refractivity contribution is 0.00245. The zero-order chi connectivity index (χ0) is 17.3. The van der Waals surface area contributed by atoms with Crippen LogP contribution in [0.25, 0.3) is 0 Å². The maximum absolute atomic E-state index is 12.7. The molecule has 0 spiro atoms. The lowest BCUT2D eigenvalue weighted by Crippen LogP contribution is -2.51. The molecule has 24 heavy (non-hydrogen) atoms. The number of hydrogen-bond acceptors (Lipinski definition) is 5. The summed E-state index contributed by atoms with van der Waals surface area (Å²) in [5.41, 5.74) is 0.742. The van der Waals surface area contributed by atoms with Crippen LogP contribution in [0.15, 0.2) is 10.6 Å². The summed E-state index contributed by atoms with van der Waals surface area (Å²) in [4.78, 5) is 15.0. The molecule has 0 bridgehead atoms. The summed E-state index contributed by atoms with van der Waals surface area (Å²) in [6.07, 6.45) is 3.23. The molecule has 7 nitrogen and oxygen atoms in total. The Morgan fingerprint density at radius 2 is 1.96 bits per heavy atom. The SMILES string of the molecule is CN1CCC(N2CCCN2C(=O)Nc2cc(C(C)(C)C)no2)CC1. The van der Waals surface area contributed by atoms with Gasteiger partial charge >= 0.3 is 6.03 Å². The third kappa shape index (κ3) is 3.72. The van der Waals surface area contributed by atoms with Gasteiger partial charge in [0.15, 0.2) is 0 Å². The van der Waals surface area contributed by atoms with Gasteiger partial charge in [-0.1, -0.05) is 25.9 Å². The first-order valence-corrected chi connectivity index (χ1v) is 8.85. The smallest absolute Gasteiger partial charge is 0.338 e. The summed E-state index contributed by atoms with van der Waals surface area (Å²) in [6, 6.07) is 2.14. The zero-order valence-corrected chi connectivity index (χ0v) is 15.2. The molecule has 2 aliphatic rings. The highest BCUT2D eigenvalue weighted by atomic mass is 16.5. The van der Waals surface area contributed by atoms with Crippen molar-refractivity contribution in [2.45, 2.75) is 51.5 Å². The van der Waals surface area contributed by atoms with Gasteiger partial charge in [-0.05, 0) is 39.4 Å². The summed E-state index contributed by atoms with van der Waals surface area (Å²) < 4.78 is 5.28. The van der Waals surface area contributed by atoms with E-state index in [9.17, 15) is 4.79 Å². The number of rotatable bonds is 2. The van der Waals surface area contributed by atoms with Gasteiger partial charge < -0.3 is 9.42 Å². The van der Waals surface area contributed by atoms with Crippen molar-refractivity contribution in [1.82, 2.24) is 20.1 Å². The van der Waals surface area contributed by atoms with Gasteiger partial charge in [0, 0.05) is 30.6 Å². The van der Waals surface area contributed by atoms with E-state index < -0.39 is 0 Å². The van der Waals surface area contributed by atoms with Crippen LogP contribution >= 0.6 is 0 Å². The normalized spacial score (nSPS) is 21.4. The monoisotopic (exact) mass is 335 g/mol. The molecule has 2 amide bonds. The summed E-state index contributed by atoms with van der Waals surface area (Å²) in [5, 5.41) is 11.0. The van der Waals surface area contributed by atoms with E-state index in [-0.39, 0.29) is 11.4 Å². The highest BCUT2D eigenvalue weighted by molar-refractivity contribution is 5.87. The van der Waals surface area contributed by atoms with Gasteiger partial charge in [0.25, 0.3) is 0 Å². The van der Waals surface area contributed by atoms with Crippen molar-refractivity contribution in [3.05, 3.63) is 11.8 Å². The van der Waals surface area contributed by atoms with E-state index in [1.807, 2.05) is 11.1 Å². The van der Waals surface area contributed by atoms with Crippen LogP contribution in [0.5, 0.6) is 0 Å². The maximum Gasteiger partial charge on any atom is 0.338 e. The summed E-state index contributed by atoms with van der Waals surface area (Å²) in [5.74, 6) is 0.417. The van der Waals surface area contributed by atoms with Crippen LogP contribution in [0.3, 0.4) is 0 Å². The second-order valence-electron chi connectivity index (χ2n) is 7.93. The summed E-state index contributed by atoms with van der Waals surface area (Å²) >= 11 is 0. The van der Waals surface area contributed by atoms with Crippen LogP contribution in [-0.4, -0.2) is 65.4 Å². The molecule has 0 saturated carbocycles. The van der Waals surface area contributed by atoms with Crippen molar-refractivity contribution in [2.24, 2.45) is 0 Å². The van der Waals surface area contributed by atoms with Crippen molar-refractivity contribution in [3.63, 3.8) is 0 Å². The topological polar surface area (TPSA) is 64.8 Å².